The third kappa shape index (κ3) is 3.74. The molecule has 27 heavy (non-hydrogen) atoms. The third-order valence-electron chi connectivity index (χ3n) is 4.17. The number of amides is 3. The Kier molecular flexibility index (Phi) is 5.07. The van der Waals surface area contributed by atoms with Crippen LogP contribution in [0.15, 0.2) is 42.5 Å². The Balaban J connectivity index is 1.83. The molecule has 0 spiro atoms. The monoisotopic (exact) mass is 372 g/mol. The molecule has 0 atom stereocenters. The van der Waals surface area contributed by atoms with Crippen molar-refractivity contribution in [1.29, 1.82) is 0 Å². The Bertz CT molecular complexity index is 875. The topological polar surface area (TPSA) is 76.2 Å². The van der Waals surface area contributed by atoms with Crippen LogP contribution in [0.2, 0.25) is 0 Å². The van der Waals surface area contributed by atoms with Crippen LogP contribution in [0.25, 0.3) is 0 Å². The van der Waals surface area contributed by atoms with Crippen LogP contribution < -0.4 is 14.4 Å². The summed E-state index contributed by atoms with van der Waals surface area (Å²) in [6.07, 6.45) is 0. The summed E-state index contributed by atoms with van der Waals surface area (Å²) in [4.78, 5) is 39.7. The molecule has 1 fully saturated rings. The lowest BCUT2D eigenvalue weighted by atomic mass is 10.1. The van der Waals surface area contributed by atoms with Crippen LogP contribution in [0.1, 0.15) is 10.4 Å². The van der Waals surface area contributed by atoms with Crippen molar-refractivity contribution in [3.63, 3.8) is 0 Å². The standard InChI is InChI=1S/C19H17FN2O5/c1-26-15-7-14(8-16(9-15)27-2)21-10-18(24)22(11-17(21)23)19(25)12-3-5-13(20)6-4-12/h3-9H,10-11H2,1-2H3. The van der Waals surface area contributed by atoms with Crippen LogP contribution in [0.3, 0.4) is 0 Å². The van der Waals surface area contributed by atoms with Crippen molar-refractivity contribution < 1.29 is 28.2 Å². The molecule has 7 nitrogen and oxygen atoms in total. The molecule has 3 amide bonds. The summed E-state index contributed by atoms with van der Waals surface area (Å²) in [5, 5.41) is 0. The summed E-state index contributed by atoms with van der Waals surface area (Å²) >= 11 is 0. The minimum Gasteiger partial charge on any atom is -0.497 e. The molecule has 0 unspecified atom stereocenters. The number of imide groups is 1. The van der Waals surface area contributed by atoms with E-state index < -0.39 is 30.1 Å². The van der Waals surface area contributed by atoms with Crippen LogP contribution in [0.5, 0.6) is 11.5 Å². The SMILES string of the molecule is COc1cc(OC)cc(N2CC(=O)N(C(=O)c3ccc(F)cc3)CC2=O)c1. The zero-order chi connectivity index (χ0) is 19.6. The van der Waals surface area contributed by atoms with E-state index in [1.807, 2.05) is 0 Å². The third-order valence-corrected chi connectivity index (χ3v) is 4.17. The van der Waals surface area contributed by atoms with Gasteiger partial charge in [-0.2, -0.15) is 0 Å². The first-order valence-electron chi connectivity index (χ1n) is 8.06. The Morgan fingerprint density at radius 1 is 0.926 bits per heavy atom. The van der Waals surface area contributed by atoms with E-state index in [1.165, 1.54) is 31.3 Å². The van der Waals surface area contributed by atoms with Gasteiger partial charge in [-0.15, -0.1) is 0 Å². The van der Waals surface area contributed by atoms with E-state index in [9.17, 15) is 18.8 Å². The molecule has 0 aliphatic carbocycles. The number of anilines is 1. The molecule has 140 valence electrons. The molecule has 2 aromatic rings. The van der Waals surface area contributed by atoms with E-state index in [2.05, 4.69) is 0 Å². The molecule has 0 saturated carbocycles. The maximum absolute atomic E-state index is 13.0. The molecule has 1 saturated heterocycles. The van der Waals surface area contributed by atoms with Crippen molar-refractivity contribution in [2.45, 2.75) is 0 Å². The number of carbonyl (C=O) groups is 3. The van der Waals surface area contributed by atoms with Gasteiger partial charge in [-0.3, -0.25) is 19.3 Å². The van der Waals surface area contributed by atoms with E-state index in [1.54, 1.807) is 18.2 Å². The first-order valence-corrected chi connectivity index (χ1v) is 8.06. The van der Waals surface area contributed by atoms with Gasteiger partial charge in [0, 0.05) is 23.8 Å². The highest BCUT2D eigenvalue weighted by atomic mass is 19.1. The minimum absolute atomic E-state index is 0.133. The summed E-state index contributed by atoms with van der Waals surface area (Å²) in [6.45, 7) is -0.712. The lowest BCUT2D eigenvalue weighted by molar-refractivity contribution is -0.135. The zero-order valence-electron chi connectivity index (χ0n) is 14.8. The van der Waals surface area contributed by atoms with Gasteiger partial charge in [-0.05, 0) is 24.3 Å². The van der Waals surface area contributed by atoms with E-state index in [4.69, 9.17) is 9.47 Å². The molecule has 0 aromatic heterocycles. The summed E-state index contributed by atoms with van der Waals surface area (Å²) in [6, 6.07) is 9.64. The van der Waals surface area contributed by atoms with Crippen molar-refractivity contribution >= 4 is 23.4 Å². The molecule has 2 aromatic carbocycles. The van der Waals surface area contributed by atoms with E-state index in [0.29, 0.717) is 17.2 Å². The Hall–Kier alpha value is -3.42. The van der Waals surface area contributed by atoms with E-state index in [0.717, 1.165) is 17.0 Å². The summed E-state index contributed by atoms with van der Waals surface area (Å²) in [7, 11) is 2.95. The molecule has 0 N–H and O–H groups in total. The second kappa shape index (κ2) is 7.45. The quantitative estimate of drug-likeness (QED) is 0.766. The fourth-order valence-corrected chi connectivity index (χ4v) is 2.73. The average molecular weight is 372 g/mol. The summed E-state index contributed by atoms with van der Waals surface area (Å²) < 4.78 is 23.4. The highest BCUT2D eigenvalue weighted by Crippen LogP contribution is 2.29. The van der Waals surface area contributed by atoms with Gasteiger partial charge in [0.05, 0.1) is 19.9 Å². The Morgan fingerprint density at radius 2 is 1.52 bits per heavy atom. The minimum atomic E-state index is -0.642. The lowest BCUT2D eigenvalue weighted by Gasteiger charge is -2.33. The molecule has 0 bridgehead atoms. The number of piperazine rings is 1. The first kappa shape index (κ1) is 18.4. The number of halogens is 1. The van der Waals surface area contributed by atoms with Crippen molar-refractivity contribution in [3.05, 3.63) is 53.8 Å². The van der Waals surface area contributed by atoms with Crippen molar-refractivity contribution in [2.75, 3.05) is 32.2 Å². The van der Waals surface area contributed by atoms with Crippen molar-refractivity contribution in [3.8, 4) is 11.5 Å². The number of benzene rings is 2. The molecule has 3 rings (SSSR count). The largest absolute Gasteiger partial charge is 0.497 e. The van der Waals surface area contributed by atoms with Gasteiger partial charge in [-0.1, -0.05) is 0 Å². The number of rotatable bonds is 4. The van der Waals surface area contributed by atoms with Gasteiger partial charge >= 0.3 is 0 Å². The smallest absolute Gasteiger partial charge is 0.260 e. The highest BCUT2D eigenvalue weighted by Gasteiger charge is 2.35. The predicted molar refractivity (Wildman–Crippen MR) is 94.3 cm³/mol. The molecule has 1 heterocycles. The number of carbonyl (C=O) groups excluding carboxylic acids is 3. The summed E-state index contributed by atoms with van der Waals surface area (Å²) in [5.41, 5.74) is 0.562. The number of nitrogens with zero attached hydrogens (tertiary/aromatic N) is 2. The molecular formula is C19H17FN2O5. The highest BCUT2D eigenvalue weighted by molar-refractivity contribution is 6.14. The van der Waals surface area contributed by atoms with E-state index in [-0.39, 0.29) is 12.1 Å². The Labute approximate surface area is 154 Å². The second-order valence-electron chi connectivity index (χ2n) is 5.84. The average Bonchev–Trinajstić information content (AvgIpc) is 2.69. The number of hydrogen-bond acceptors (Lipinski definition) is 5. The second-order valence-corrected chi connectivity index (χ2v) is 5.84. The molecule has 1 aliphatic rings. The van der Waals surface area contributed by atoms with Crippen molar-refractivity contribution in [1.82, 2.24) is 4.90 Å². The fraction of sp³-hybridized carbons (Fsp3) is 0.211. The number of methoxy groups -OCH3 is 2. The molecule has 0 radical (unpaired) electrons. The summed E-state index contributed by atoms with van der Waals surface area (Å²) in [5.74, 6) is -1.17. The first-order chi connectivity index (χ1) is 12.9. The van der Waals surface area contributed by atoms with Crippen LogP contribution in [-0.2, 0) is 9.59 Å². The van der Waals surface area contributed by atoms with Crippen LogP contribution in [0, 0.1) is 5.82 Å². The maximum Gasteiger partial charge on any atom is 0.260 e. The van der Waals surface area contributed by atoms with E-state index >= 15 is 0 Å². The molecule has 8 heteroatoms. The lowest BCUT2D eigenvalue weighted by Crippen LogP contribution is -2.55. The van der Waals surface area contributed by atoms with Gasteiger partial charge in [0.25, 0.3) is 5.91 Å². The molecule has 1 aliphatic heterocycles. The fourth-order valence-electron chi connectivity index (χ4n) is 2.73. The van der Waals surface area contributed by atoms with Crippen LogP contribution in [0.4, 0.5) is 10.1 Å². The van der Waals surface area contributed by atoms with Gasteiger partial charge in [0.15, 0.2) is 0 Å². The normalized spacial score (nSPS) is 14.3. The number of hydrogen-bond donors (Lipinski definition) is 0. The van der Waals surface area contributed by atoms with Gasteiger partial charge in [0.1, 0.15) is 30.4 Å². The van der Waals surface area contributed by atoms with Gasteiger partial charge < -0.3 is 14.4 Å². The molecular weight excluding hydrogens is 355 g/mol. The van der Waals surface area contributed by atoms with Crippen LogP contribution in [-0.4, -0.2) is 49.9 Å². The van der Waals surface area contributed by atoms with Gasteiger partial charge in [-0.25, -0.2) is 4.39 Å². The number of ether oxygens (including phenoxy) is 2. The van der Waals surface area contributed by atoms with Crippen molar-refractivity contribution in [2.24, 2.45) is 0 Å². The Morgan fingerprint density at radius 3 is 2.07 bits per heavy atom. The maximum atomic E-state index is 13.0. The van der Waals surface area contributed by atoms with Gasteiger partial charge in [0.2, 0.25) is 11.8 Å². The van der Waals surface area contributed by atoms with Crippen LogP contribution >= 0.6 is 0 Å². The predicted octanol–water partition coefficient (Wildman–Crippen LogP) is 1.86. The zero-order valence-corrected chi connectivity index (χ0v) is 14.8.